The minimum absolute atomic E-state index is 0.337. The smallest absolute Gasteiger partial charge is 0.247 e. The van der Waals surface area contributed by atoms with Gasteiger partial charge in [-0.2, -0.15) is 5.26 Å². The molecule has 1 unspecified atom stereocenters. The third kappa shape index (κ3) is 2.94. The lowest BCUT2D eigenvalue weighted by Crippen LogP contribution is -2.37. The molecule has 98 valence electrons. The molecule has 1 aliphatic heterocycles. The maximum absolute atomic E-state index is 12.2. The topological polar surface area (TPSA) is 61.2 Å². The van der Waals surface area contributed by atoms with E-state index in [0.717, 1.165) is 12.8 Å². The van der Waals surface area contributed by atoms with Crippen molar-refractivity contribution in [3.05, 3.63) is 34.9 Å². The first-order chi connectivity index (χ1) is 9.13. The first kappa shape index (κ1) is 13.6. The van der Waals surface area contributed by atoms with Crippen molar-refractivity contribution in [2.24, 2.45) is 5.92 Å². The predicted octanol–water partition coefficient (Wildman–Crippen LogP) is 2.28. The van der Waals surface area contributed by atoms with Crippen LogP contribution < -0.4 is 0 Å². The Kier molecular flexibility index (Phi) is 4.18. The number of nitrogens with zero attached hydrogens (tertiary/aromatic N) is 2. The molecule has 1 aromatic carbocycles. The number of Topliss-reactive ketones (excluding diaryl/α,β-unsaturated/α-hetero) is 1. The molecule has 2 rings (SSSR count). The summed E-state index contributed by atoms with van der Waals surface area (Å²) in [6, 6.07) is 8.03. The van der Waals surface area contributed by atoms with Crippen molar-refractivity contribution in [2.75, 3.05) is 13.1 Å². The van der Waals surface area contributed by atoms with E-state index in [-0.39, 0.29) is 5.91 Å². The van der Waals surface area contributed by atoms with Gasteiger partial charge in [0.15, 0.2) is 11.7 Å². The van der Waals surface area contributed by atoms with Gasteiger partial charge in [0.2, 0.25) is 5.91 Å². The molecule has 1 aliphatic rings. The lowest BCUT2D eigenvalue weighted by Gasteiger charge is -2.17. The van der Waals surface area contributed by atoms with Crippen LogP contribution in [0.2, 0.25) is 5.02 Å². The first-order valence-electron chi connectivity index (χ1n) is 6.11. The van der Waals surface area contributed by atoms with Crippen LogP contribution in [0.3, 0.4) is 0 Å². The molecule has 5 heteroatoms. The van der Waals surface area contributed by atoms with E-state index in [0.29, 0.717) is 23.7 Å². The highest BCUT2D eigenvalue weighted by Crippen LogP contribution is 2.17. The third-order valence-corrected chi connectivity index (χ3v) is 3.44. The Morgan fingerprint density at radius 3 is 2.32 bits per heavy atom. The van der Waals surface area contributed by atoms with Crippen molar-refractivity contribution < 1.29 is 9.59 Å². The Morgan fingerprint density at radius 2 is 1.79 bits per heavy atom. The Bertz CT molecular complexity index is 527. The molecule has 0 N–H and O–H groups in total. The molecular weight excluding hydrogens is 264 g/mol. The molecule has 4 nitrogen and oxygen atoms in total. The summed E-state index contributed by atoms with van der Waals surface area (Å²) in [5.41, 5.74) is 0.337. The van der Waals surface area contributed by atoms with E-state index in [9.17, 15) is 9.59 Å². The summed E-state index contributed by atoms with van der Waals surface area (Å²) in [7, 11) is 0. The van der Waals surface area contributed by atoms with Crippen molar-refractivity contribution in [1.82, 2.24) is 4.90 Å². The van der Waals surface area contributed by atoms with Crippen LogP contribution in [0.25, 0.3) is 0 Å². The SMILES string of the molecule is N#CC(C(=O)c1ccc(Cl)cc1)C(=O)N1CCCC1. The number of carbonyl (C=O) groups is 2. The zero-order valence-corrected chi connectivity index (χ0v) is 11.1. The zero-order valence-electron chi connectivity index (χ0n) is 10.3. The van der Waals surface area contributed by atoms with Gasteiger partial charge in [-0.1, -0.05) is 11.6 Å². The van der Waals surface area contributed by atoms with Gasteiger partial charge in [0.05, 0.1) is 6.07 Å². The maximum atomic E-state index is 12.2. The van der Waals surface area contributed by atoms with E-state index in [1.54, 1.807) is 17.0 Å². The van der Waals surface area contributed by atoms with Gasteiger partial charge in [-0.3, -0.25) is 9.59 Å². The number of halogens is 1. The molecule has 1 amide bonds. The Hall–Kier alpha value is -1.86. The van der Waals surface area contributed by atoms with E-state index in [1.165, 1.54) is 12.1 Å². The van der Waals surface area contributed by atoms with Gasteiger partial charge in [-0.05, 0) is 37.1 Å². The van der Waals surface area contributed by atoms with Crippen LogP contribution in [0.5, 0.6) is 0 Å². The molecule has 0 aromatic heterocycles. The van der Waals surface area contributed by atoms with Crippen LogP contribution in [0.1, 0.15) is 23.2 Å². The van der Waals surface area contributed by atoms with E-state index in [2.05, 4.69) is 0 Å². The van der Waals surface area contributed by atoms with Crippen molar-refractivity contribution in [2.45, 2.75) is 12.8 Å². The number of hydrogen-bond donors (Lipinski definition) is 0. The molecule has 0 spiro atoms. The molecule has 1 saturated heterocycles. The average Bonchev–Trinajstić information content (AvgIpc) is 2.94. The Labute approximate surface area is 116 Å². The largest absolute Gasteiger partial charge is 0.341 e. The predicted molar refractivity (Wildman–Crippen MR) is 70.7 cm³/mol. The number of nitriles is 1. The normalized spacial score (nSPS) is 15.9. The highest BCUT2D eigenvalue weighted by Gasteiger charge is 2.32. The maximum Gasteiger partial charge on any atom is 0.247 e. The van der Waals surface area contributed by atoms with Gasteiger partial charge in [0.25, 0.3) is 0 Å². The zero-order chi connectivity index (χ0) is 13.8. The molecule has 1 fully saturated rings. The van der Waals surface area contributed by atoms with E-state index >= 15 is 0 Å². The second kappa shape index (κ2) is 5.85. The summed E-state index contributed by atoms with van der Waals surface area (Å²) in [6.07, 6.45) is 1.86. The lowest BCUT2D eigenvalue weighted by molar-refractivity contribution is -0.131. The number of likely N-dealkylation sites (tertiary alicyclic amines) is 1. The monoisotopic (exact) mass is 276 g/mol. The number of rotatable bonds is 3. The van der Waals surface area contributed by atoms with Crippen LogP contribution in [0.4, 0.5) is 0 Å². The Morgan fingerprint density at radius 1 is 1.21 bits per heavy atom. The van der Waals surface area contributed by atoms with Gasteiger partial charge in [0, 0.05) is 23.7 Å². The third-order valence-electron chi connectivity index (χ3n) is 3.18. The molecule has 0 aliphatic carbocycles. The number of hydrogen-bond acceptors (Lipinski definition) is 3. The van der Waals surface area contributed by atoms with Crippen LogP contribution in [0.15, 0.2) is 24.3 Å². The molecule has 0 saturated carbocycles. The Balaban J connectivity index is 2.17. The van der Waals surface area contributed by atoms with Crippen LogP contribution >= 0.6 is 11.6 Å². The van der Waals surface area contributed by atoms with E-state index in [1.807, 2.05) is 6.07 Å². The summed E-state index contributed by atoms with van der Waals surface area (Å²) >= 11 is 5.74. The quantitative estimate of drug-likeness (QED) is 0.628. The summed E-state index contributed by atoms with van der Waals surface area (Å²) in [5.74, 6) is -2.10. The van der Waals surface area contributed by atoms with Gasteiger partial charge in [-0.15, -0.1) is 0 Å². The van der Waals surface area contributed by atoms with Crippen LogP contribution in [-0.4, -0.2) is 29.7 Å². The summed E-state index contributed by atoms with van der Waals surface area (Å²) in [5, 5.41) is 9.61. The molecule has 1 aromatic rings. The van der Waals surface area contributed by atoms with Crippen LogP contribution in [0, 0.1) is 17.2 Å². The standard InChI is InChI=1S/C14H13ClN2O2/c15-11-5-3-10(4-6-11)13(18)12(9-16)14(19)17-7-1-2-8-17/h3-6,12H,1-2,7-8H2. The van der Waals surface area contributed by atoms with Crippen molar-refractivity contribution in [3.63, 3.8) is 0 Å². The molecule has 0 bridgehead atoms. The van der Waals surface area contributed by atoms with Gasteiger partial charge in [-0.25, -0.2) is 0 Å². The number of benzene rings is 1. The first-order valence-corrected chi connectivity index (χ1v) is 6.49. The number of amides is 1. The van der Waals surface area contributed by atoms with Crippen molar-refractivity contribution in [1.29, 1.82) is 5.26 Å². The fraction of sp³-hybridized carbons (Fsp3) is 0.357. The average molecular weight is 277 g/mol. The van der Waals surface area contributed by atoms with Crippen molar-refractivity contribution >= 4 is 23.3 Å². The van der Waals surface area contributed by atoms with E-state index < -0.39 is 11.7 Å². The highest BCUT2D eigenvalue weighted by atomic mass is 35.5. The number of ketones is 1. The van der Waals surface area contributed by atoms with Gasteiger partial charge in [0.1, 0.15) is 0 Å². The minimum atomic E-state index is -1.25. The fourth-order valence-corrected chi connectivity index (χ4v) is 2.25. The van der Waals surface area contributed by atoms with Crippen LogP contribution in [-0.2, 0) is 4.79 Å². The lowest BCUT2D eigenvalue weighted by atomic mass is 9.97. The summed E-state index contributed by atoms with van der Waals surface area (Å²) < 4.78 is 0. The van der Waals surface area contributed by atoms with Gasteiger partial charge < -0.3 is 4.90 Å². The molecule has 1 atom stereocenters. The second-order valence-electron chi connectivity index (χ2n) is 4.47. The molecule has 0 radical (unpaired) electrons. The molecule has 19 heavy (non-hydrogen) atoms. The van der Waals surface area contributed by atoms with Crippen molar-refractivity contribution in [3.8, 4) is 6.07 Å². The minimum Gasteiger partial charge on any atom is -0.341 e. The summed E-state index contributed by atoms with van der Waals surface area (Å²) in [6.45, 7) is 1.26. The number of carbonyl (C=O) groups excluding carboxylic acids is 2. The molecular formula is C14H13ClN2O2. The molecule has 1 heterocycles. The van der Waals surface area contributed by atoms with E-state index in [4.69, 9.17) is 16.9 Å². The highest BCUT2D eigenvalue weighted by molar-refractivity contribution is 6.30. The summed E-state index contributed by atoms with van der Waals surface area (Å²) in [4.78, 5) is 25.9. The van der Waals surface area contributed by atoms with Gasteiger partial charge >= 0.3 is 0 Å². The fourth-order valence-electron chi connectivity index (χ4n) is 2.13. The second-order valence-corrected chi connectivity index (χ2v) is 4.90.